The van der Waals surface area contributed by atoms with Gasteiger partial charge in [-0.15, -0.1) is 11.3 Å². The molecule has 0 radical (unpaired) electrons. The first-order valence-corrected chi connectivity index (χ1v) is 6.45. The number of carbonyl (C=O) groups excluding carboxylic acids is 1. The lowest BCUT2D eigenvalue weighted by atomic mass is 10.1. The Labute approximate surface area is 99.7 Å². The minimum atomic E-state index is -0.426. The van der Waals surface area contributed by atoms with Crippen molar-refractivity contribution in [3.8, 4) is 0 Å². The molecule has 0 spiro atoms. The lowest BCUT2D eigenvalue weighted by Crippen LogP contribution is -2.37. The summed E-state index contributed by atoms with van der Waals surface area (Å²) < 4.78 is 0. The van der Waals surface area contributed by atoms with Gasteiger partial charge in [-0.2, -0.15) is 0 Å². The van der Waals surface area contributed by atoms with Crippen molar-refractivity contribution in [1.82, 2.24) is 4.90 Å². The van der Waals surface area contributed by atoms with Crippen LogP contribution >= 0.6 is 11.3 Å². The maximum atomic E-state index is 12.0. The van der Waals surface area contributed by atoms with Crippen molar-refractivity contribution < 1.29 is 9.90 Å². The van der Waals surface area contributed by atoms with Crippen LogP contribution in [0.4, 0.5) is 0 Å². The summed E-state index contributed by atoms with van der Waals surface area (Å²) in [5.41, 5.74) is -0.426. The van der Waals surface area contributed by atoms with Crippen LogP contribution in [0, 0.1) is 5.41 Å². The van der Waals surface area contributed by atoms with Gasteiger partial charge in [0.1, 0.15) is 0 Å². The van der Waals surface area contributed by atoms with Gasteiger partial charge in [-0.1, -0.05) is 6.07 Å². The second-order valence-electron chi connectivity index (χ2n) is 4.49. The molecule has 1 aromatic heterocycles. The number of hydrogen-bond acceptors (Lipinski definition) is 3. The number of amides is 1. The largest absolute Gasteiger partial charge is 0.395 e. The van der Waals surface area contributed by atoms with Crippen molar-refractivity contribution in [3.63, 3.8) is 0 Å². The van der Waals surface area contributed by atoms with E-state index in [0.717, 1.165) is 25.8 Å². The minimum Gasteiger partial charge on any atom is -0.395 e. The Morgan fingerprint density at radius 1 is 1.62 bits per heavy atom. The van der Waals surface area contributed by atoms with E-state index in [1.165, 1.54) is 4.88 Å². The zero-order chi connectivity index (χ0) is 11.6. The predicted octanol–water partition coefficient (Wildman–Crippen LogP) is 1.52. The third-order valence-electron chi connectivity index (χ3n) is 3.23. The van der Waals surface area contributed by atoms with E-state index in [9.17, 15) is 9.90 Å². The van der Waals surface area contributed by atoms with E-state index >= 15 is 0 Å². The number of thiophene rings is 1. The Hall–Kier alpha value is -0.870. The summed E-state index contributed by atoms with van der Waals surface area (Å²) in [6, 6.07) is 4.11. The van der Waals surface area contributed by atoms with Crippen LogP contribution in [0.3, 0.4) is 0 Å². The normalized spacial score (nSPS) is 17.1. The van der Waals surface area contributed by atoms with Gasteiger partial charge in [-0.05, 0) is 30.7 Å². The van der Waals surface area contributed by atoms with Crippen molar-refractivity contribution in [2.45, 2.75) is 19.3 Å². The molecule has 4 heteroatoms. The molecule has 1 aliphatic carbocycles. The van der Waals surface area contributed by atoms with Crippen LogP contribution in [-0.4, -0.2) is 36.1 Å². The fourth-order valence-electron chi connectivity index (χ4n) is 1.83. The molecule has 1 amide bonds. The van der Waals surface area contributed by atoms with Crippen LogP contribution in [0.15, 0.2) is 17.5 Å². The number of rotatable bonds is 5. The number of likely N-dealkylation sites (N-methyl/N-ethyl adjacent to an activating group) is 1. The van der Waals surface area contributed by atoms with E-state index in [2.05, 4.69) is 6.07 Å². The average Bonchev–Trinajstić information content (AvgIpc) is 2.94. The highest BCUT2D eigenvalue weighted by molar-refractivity contribution is 7.09. The molecular formula is C12H17NO2S. The van der Waals surface area contributed by atoms with Gasteiger partial charge in [0.25, 0.3) is 0 Å². The summed E-state index contributed by atoms with van der Waals surface area (Å²) in [4.78, 5) is 15.0. The molecule has 1 N–H and O–H groups in total. The number of hydrogen-bond donors (Lipinski definition) is 1. The molecule has 1 heterocycles. The molecular weight excluding hydrogens is 222 g/mol. The van der Waals surface area contributed by atoms with Gasteiger partial charge < -0.3 is 10.0 Å². The quantitative estimate of drug-likeness (QED) is 0.846. The fourth-order valence-corrected chi connectivity index (χ4v) is 2.53. The SMILES string of the molecule is CN(CCc1cccs1)C(=O)C1(CO)CC1. The van der Waals surface area contributed by atoms with Crippen molar-refractivity contribution in [2.24, 2.45) is 5.41 Å². The van der Waals surface area contributed by atoms with E-state index in [4.69, 9.17) is 0 Å². The van der Waals surface area contributed by atoms with Gasteiger partial charge in [0.05, 0.1) is 12.0 Å². The molecule has 1 aromatic rings. The lowest BCUT2D eigenvalue weighted by Gasteiger charge is -2.21. The molecule has 3 nitrogen and oxygen atoms in total. The number of aliphatic hydroxyl groups is 1. The summed E-state index contributed by atoms with van der Waals surface area (Å²) in [6.45, 7) is 0.732. The first-order chi connectivity index (χ1) is 7.68. The first kappa shape index (κ1) is 11.6. The van der Waals surface area contributed by atoms with E-state index in [1.54, 1.807) is 16.2 Å². The van der Waals surface area contributed by atoms with Crippen LogP contribution in [-0.2, 0) is 11.2 Å². The third kappa shape index (κ3) is 2.28. The predicted molar refractivity (Wildman–Crippen MR) is 64.4 cm³/mol. The Balaban J connectivity index is 1.84. The van der Waals surface area contributed by atoms with Gasteiger partial charge in [0.2, 0.25) is 5.91 Å². The minimum absolute atomic E-state index is 0.00479. The zero-order valence-corrected chi connectivity index (χ0v) is 10.3. The molecule has 0 saturated heterocycles. The fraction of sp³-hybridized carbons (Fsp3) is 0.583. The van der Waals surface area contributed by atoms with Crippen molar-refractivity contribution >= 4 is 17.2 Å². The summed E-state index contributed by atoms with van der Waals surface area (Å²) in [6.07, 6.45) is 2.58. The molecule has 1 fully saturated rings. The monoisotopic (exact) mass is 239 g/mol. The highest BCUT2D eigenvalue weighted by Crippen LogP contribution is 2.46. The zero-order valence-electron chi connectivity index (χ0n) is 9.48. The second kappa shape index (κ2) is 4.55. The van der Waals surface area contributed by atoms with E-state index in [0.29, 0.717) is 0 Å². The molecule has 1 saturated carbocycles. The second-order valence-corrected chi connectivity index (χ2v) is 5.53. The van der Waals surface area contributed by atoms with E-state index in [-0.39, 0.29) is 12.5 Å². The first-order valence-electron chi connectivity index (χ1n) is 5.57. The van der Waals surface area contributed by atoms with Gasteiger partial charge in [-0.25, -0.2) is 0 Å². The molecule has 0 unspecified atom stereocenters. The summed E-state index contributed by atoms with van der Waals surface area (Å²) in [5, 5.41) is 11.2. The van der Waals surface area contributed by atoms with Crippen LogP contribution in [0.25, 0.3) is 0 Å². The highest BCUT2D eigenvalue weighted by Gasteiger charge is 2.50. The van der Waals surface area contributed by atoms with Crippen LogP contribution < -0.4 is 0 Å². The molecule has 0 bridgehead atoms. The Morgan fingerprint density at radius 2 is 2.38 bits per heavy atom. The molecule has 0 aliphatic heterocycles. The van der Waals surface area contributed by atoms with Gasteiger partial charge in [0, 0.05) is 18.5 Å². The van der Waals surface area contributed by atoms with Gasteiger partial charge >= 0.3 is 0 Å². The number of aliphatic hydroxyl groups excluding tert-OH is 1. The lowest BCUT2D eigenvalue weighted by molar-refractivity contribution is -0.137. The van der Waals surface area contributed by atoms with Gasteiger partial charge in [0.15, 0.2) is 0 Å². The van der Waals surface area contributed by atoms with Crippen molar-refractivity contribution in [1.29, 1.82) is 0 Å². The summed E-state index contributed by atoms with van der Waals surface area (Å²) in [5.74, 6) is 0.103. The maximum absolute atomic E-state index is 12.0. The van der Waals surface area contributed by atoms with Gasteiger partial charge in [-0.3, -0.25) is 4.79 Å². The molecule has 0 atom stereocenters. The van der Waals surface area contributed by atoms with Crippen molar-refractivity contribution in [2.75, 3.05) is 20.2 Å². The summed E-state index contributed by atoms with van der Waals surface area (Å²) in [7, 11) is 1.83. The smallest absolute Gasteiger partial charge is 0.230 e. The Bertz CT molecular complexity index is 357. The van der Waals surface area contributed by atoms with Crippen molar-refractivity contribution in [3.05, 3.63) is 22.4 Å². The molecule has 16 heavy (non-hydrogen) atoms. The summed E-state index contributed by atoms with van der Waals surface area (Å²) >= 11 is 1.72. The molecule has 88 valence electrons. The maximum Gasteiger partial charge on any atom is 0.230 e. The third-order valence-corrected chi connectivity index (χ3v) is 4.17. The topological polar surface area (TPSA) is 40.5 Å². The molecule has 1 aliphatic rings. The molecule has 0 aromatic carbocycles. The molecule has 2 rings (SSSR count). The van der Waals surface area contributed by atoms with Crippen LogP contribution in [0.5, 0.6) is 0 Å². The standard InChI is InChI=1S/C12H17NO2S/c1-13(7-4-10-3-2-8-16-10)11(15)12(9-14)5-6-12/h2-3,8,14H,4-7,9H2,1H3. The Kier molecular flexibility index (Phi) is 3.30. The number of carbonyl (C=O) groups is 1. The number of nitrogens with zero attached hydrogens (tertiary/aromatic N) is 1. The van der Waals surface area contributed by atoms with Crippen LogP contribution in [0.2, 0.25) is 0 Å². The average molecular weight is 239 g/mol. The highest BCUT2D eigenvalue weighted by atomic mass is 32.1. The van der Waals surface area contributed by atoms with Crippen LogP contribution in [0.1, 0.15) is 17.7 Å². The Morgan fingerprint density at radius 3 is 2.88 bits per heavy atom. The van der Waals surface area contributed by atoms with E-state index in [1.807, 2.05) is 18.5 Å². The van der Waals surface area contributed by atoms with E-state index < -0.39 is 5.41 Å².